The standard InChI is InChI=1S/C6H5ClF2N2.C2H4O2/c7-3-2-11-5(6(8)9)1-4(3)10;1-2(3)4/h1-2,6H,(H2,10,11);1H3,(H,3,4). The Morgan fingerprint density at radius 1 is 1.67 bits per heavy atom. The Kier molecular flexibility index (Phi) is 5.54. The lowest BCUT2D eigenvalue weighted by molar-refractivity contribution is -0.134. The number of pyridine rings is 1. The zero-order chi connectivity index (χ0) is 12.0. The molecule has 0 amide bonds. The van der Waals surface area contributed by atoms with Gasteiger partial charge in [0.15, 0.2) is 0 Å². The Morgan fingerprint density at radius 2 is 2.13 bits per heavy atom. The molecule has 0 aromatic carbocycles. The molecular weight excluding hydrogens is 230 g/mol. The van der Waals surface area contributed by atoms with Gasteiger partial charge in [-0.15, -0.1) is 0 Å². The van der Waals surface area contributed by atoms with E-state index < -0.39 is 12.4 Å². The van der Waals surface area contributed by atoms with E-state index in [9.17, 15) is 8.78 Å². The first-order valence-corrected chi connectivity index (χ1v) is 4.11. The third-order valence-corrected chi connectivity index (χ3v) is 1.45. The number of carboxylic acids is 1. The van der Waals surface area contributed by atoms with Crippen molar-refractivity contribution in [3.8, 4) is 0 Å². The van der Waals surface area contributed by atoms with Crippen LogP contribution in [0.15, 0.2) is 12.3 Å². The minimum absolute atomic E-state index is 0.122. The van der Waals surface area contributed by atoms with Gasteiger partial charge < -0.3 is 10.8 Å². The summed E-state index contributed by atoms with van der Waals surface area (Å²) in [6.45, 7) is 1.08. The second kappa shape index (κ2) is 6.13. The van der Waals surface area contributed by atoms with E-state index in [1.807, 2.05) is 0 Å². The highest BCUT2D eigenvalue weighted by Crippen LogP contribution is 2.23. The molecule has 3 N–H and O–H groups in total. The van der Waals surface area contributed by atoms with Crippen LogP contribution in [0.4, 0.5) is 14.5 Å². The predicted octanol–water partition coefficient (Wildman–Crippen LogP) is 2.35. The molecule has 0 atom stereocenters. The number of carbonyl (C=O) groups is 1. The summed E-state index contributed by atoms with van der Waals surface area (Å²) in [6, 6.07) is 1.06. The number of alkyl halides is 2. The average molecular weight is 239 g/mol. The van der Waals surface area contributed by atoms with E-state index in [1.165, 1.54) is 0 Å². The highest BCUT2D eigenvalue weighted by molar-refractivity contribution is 6.32. The van der Waals surface area contributed by atoms with Crippen molar-refractivity contribution >= 4 is 23.3 Å². The number of nitrogens with two attached hydrogens (primary N) is 1. The van der Waals surface area contributed by atoms with Crippen molar-refractivity contribution in [3.63, 3.8) is 0 Å². The number of aromatic nitrogens is 1. The number of halogens is 3. The molecule has 0 aliphatic rings. The lowest BCUT2D eigenvalue weighted by atomic mass is 10.3. The van der Waals surface area contributed by atoms with Crippen molar-refractivity contribution in [2.24, 2.45) is 0 Å². The summed E-state index contributed by atoms with van der Waals surface area (Å²) < 4.78 is 23.8. The molecule has 0 unspecified atom stereocenters. The van der Waals surface area contributed by atoms with Crippen LogP contribution < -0.4 is 5.73 Å². The van der Waals surface area contributed by atoms with E-state index in [0.717, 1.165) is 19.2 Å². The predicted molar refractivity (Wildman–Crippen MR) is 51.9 cm³/mol. The third kappa shape index (κ3) is 5.79. The van der Waals surface area contributed by atoms with Gasteiger partial charge in [0.05, 0.1) is 10.7 Å². The summed E-state index contributed by atoms with van der Waals surface area (Å²) in [4.78, 5) is 12.4. The monoisotopic (exact) mass is 238 g/mol. The van der Waals surface area contributed by atoms with Gasteiger partial charge in [0.2, 0.25) is 0 Å². The normalized spacial score (nSPS) is 9.40. The Morgan fingerprint density at radius 3 is 2.47 bits per heavy atom. The molecule has 0 radical (unpaired) electrons. The van der Waals surface area contributed by atoms with Gasteiger partial charge >= 0.3 is 0 Å². The largest absolute Gasteiger partial charge is 0.481 e. The number of hydrogen-bond donors (Lipinski definition) is 2. The van der Waals surface area contributed by atoms with E-state index in [-0.39, 0.29) is 16.4 Å². The molecule has 0 saturated carbocycles. The molecule has 1 aromatic rings. The Bertz CT molecular complexity index is 343. The SMILES string of the molecule is CC(=O)O.Nc1cc(C(F)F)ncc1Cl. The molecular formula is C8H9ClF2N2O2. The summed E-state index contributed by atoms with van der Waals surface area (Å²) in [5.74, 6) is -0.833. The maximum atomic E-state index is 11.9. The second-order valence-electron chi connectivity index (χ2n) is 2.45. The first-order chi connectivity index (χ1) is 6.84. The number of hydrogen-bond acceptors (Lipinski definition) is 3. The first kappa shape index (κ1) is 13.6. The van der Waals surface area contributed by atoms with Gasteiger partial charge in [-0.2, -0.15) is 0 Å². The van der Waals surface area contributed by atoms with Gasteiger partial charge in [-0.3, -0.25) is 9.78 Å². The van der Waals surface area contributed by atoms with Gasteiger partial charge in [-0.05, 0) is 6.07 Å². The fraction of sp³-hybridized carbons (Fsp3) is 0.250. The van der Waals surface area contributed by atoms with Crippen LogP contribution in [0.25, 0.3) is 0 Å². The Labute approximate surface area is 89.7 Å². The molecule has 0 bridgehead atoms. The van der Waals surface area contributed by atoms with Crippen molar-refractivity contribution in [2.45, 2.75) is 13.3 Å². The quantitative estimate of drug-likeness (QED) is 0.787. The van der Waals surface area contributed by atoms with E-state index in [1.54, 1.807) is 0 Å². The van der Waals surface area contributed by atoms with Crippen molar-refractivity contribution in [1.29, 1.82) is 0 Å². The summed E-state index contributed by atoms with van der Waals surface area (Å²) in [5.41, 5.74) is 5.02. The molecule has 1 aromatic heterocycles. The number of carboxylic acid groups (broad SMARTS) is 1. The van der Waals surface area contributed by atoms with Crippen molar-refractivity contribution in [2.75, 3.05) is 5.73 Å². The molecule has 0 fully saturated rings. The van der Waals surface area contributed by atoms with Crippen LogP contribution in [0.1, 0.15) is 19.0 Å². The molecule has 84 valence electrons. The van der Waals surface area contributed by atoms with E-state index >= 15 is 0 Å². The number of aliphatic carboxylic acids is 1. The van der Waals surface area contributed by atoms with Gasteiger partial charge in [0.1, 0.15) is 5.69 Å². The molecule has 1 heterocycles. The molecule has 15 heavy (non-hydrogen) atoms. The molecule has 4 nitrogen and oxygen atoms in total. The topological polar surface area (TPSA) is 76.2 Å². The molecule has 0 aliphatic carbocycles. The van der Waals surface area contributed by atoms with Gasteiger partial charge in [-0.1, -0.05) is 11.6 Å². The lowest BCUT2D eigenvalue weighted by Gasteiger charge is -2.00. The Hall–Kier alpha value is -1.43. The highest BCUT2D eigenvalue weighted by Gasteiger charge is 2.09. The highest BCUT2D eigenvalue weighted by atomic mass is 35.5. The van der Waals surface area contributed by atoms with Crippen LogP contribution in [0, 0.1) is 0 Å². The smallest absolute Gasteiger partial charge is 0.300 e. The Balaban J connectivity index is 0.000000423. The number of anilines is 1. The number of nitrogens with zero attached hydrogens (tertiary/aromatic N) is 1. The minimum atomic E-state index is -2.60. The zero-order valence-electron chi connectivity index (χ0n) is 7.75. The van der Waals surface area contributed by atoms with E-state index in [2.05, 4.69) is 4.98 Å². The fourth-order valence-corrected chi connectivity index (χ4v) is 0.694. The van der Waals surface area contributed by atoms with Crippen LogP contribution in [0.3, 0.4) is 0 Å². The average Bonchev–Trinajstić information content (AvgIpc) is 2.08. The summed E-state index contributed by atoms with van der Waals surface area (Å²) in [6.07, 6.45) is -1.49. The minimum Gasteiger partial charge on any atom is -0.481 e. The van der Waals surface area contributed by atoms with Crippen LogP contribution in [-0.2, 0) is 4.79 Å². The third-order valence-electron chi connectivity index (χ3n) is 1.13. The maximum Gasteiger partial charge on any atom is 0.300 e. The van der Waals surface area contributed by atoms with Crippen LogP contribution in [-0.4, -0.2) is 16.1 Å². The molecule has 1 rings (SSSR count). The second-order valence-corrected chi connectivity index (χ2v) is 2.86. The van der Waals surface area contributed by atoms with Gasteiger partial charge in [-0.25, -0.2) is 8.78 Å². The number of rotatable bonds is 1. The van der Waals surface area contributed by atoms with Crippen LogP contribution >= 0.6 is 11.6 Å². The van der Waals surface area contributed by atoms with Crippen LogP contribution in [0.2, 0.25) is 5.02 Å². The molecule has 0 aliphatic heterocycles. The molecule has 0 spiro atoms. The zero-order valence-corrected chi connectivity index (χ0v) is 8.50. The summed E-state index contributed by atoms with van der Waals surface area (Å²) in [7, 11) is 0. The van der Waals surface area contributed by atoms with Crippen molar-refractivity contribution in [1.82, 2.24) is 4.98 Å². The van der Waals surface area contributed by atoms with Crippen molar-refractivity contribution in [3.05, 3.63) is 23.0 Å². The van der Waals surface area contributed by atoms with Crippen LogP contribution in [0.5, 0.6) is 0 Å². The number of nitrogen functional groups attached to an aromatic ring is 1. The van der Waals surface area contributed by atoms with Gasteiger partial charge in [0, 0.05) is 13.1 Å². The maximum absolute atomic E-state index is 11.9. The fourth-order valence-electron chi connectivity index (χ4n) is 0.591. The lowest BCUT2D eigenvalue weighted by Crippen LogP contribution is -1.93. The van der Waals surface area contributed by atoms with Crippen molar-refractivity contribution < 1.29 is 18.7 Å². The van der Waals surface area contributed by atoms with Gasteiger partial charge in [0.25, 0.3) is 12.4 Å². The summed E-state index contributed by atoms with van der Waals surface area (Å²) >= 11 is 5.45. The first-order valence-electron chi connectivity index (χ1n) is 3.73. The molecule has 7 heteroatoms. The van der Waals surface area contributed by atoms with E-state index in [4.69, 9.17) is 27.2 Å². The summed E-state index contributed by atoms with van der Waals surface area (Å²) in [5, 5.41) is 7.61. The molecule has 0 saturated heterocycles. The van der Waals surface area contributed by atoms with E-state index in [0.29, 0.717) is 0 Å².